The molecule has 3 aliphatic rings. The summed E-state index contributed by atoms with van der Waals surface area (Å²) in [5.41, 5.74) is 1.87. The molecule has 302 valence electrons. The molecular weight excluding hydrogens is 750 g/mol. The van der Waals surface area contributed by atoms with Crippen LogP contribution in [-0.2, 0) is 33.2 Å². The number of alkyl halides is 3. The number of aromatic nitrogens is 4. The molecule has 0 radical (unpaired) electrons. The lowest BCUT2D eigenvalue weighted by Gasteiger charge is -2.38. The Morgan fingerprint density at radius 2 is 1.77 bits per heavy atom. The number of hydrogen-bond donors (Lipinski definition) is 1. The molecule has 56 heavy (non-hydrogen) atoms. The van der Waals surface area contributed by atoms with Gasteiger partial charge in [-0.2, -0.15) is 18.2 Å². The van der Waals surface area contributed by atoms with Gasteiger partial charge in [0.15, 0.2) is 5.65 Å². The van der Waals surface area contributed by atoms with Gasteiger partial charge >= 0.3 is 12.1 Å². The third-order valence-corrected chi connectivity index (χ3v) is 13.0. The highest BCUT2D eigenvalue weighted by molar-refractivity contribution is 7.82. The number of aryl methyl sites for hydroxylation is 3. The highest BCUT2D eigenvalue weighted by atomic mass is 32.2. The monoisotopic (exact) mass is 798 g/mol. The molecule has 6 heterocycles. The van der Waals surface area contributed by atoms with Gasteiger partial charge in [0.1, 0.15) is 28.1 Å². The highest BCUT2D eigenvalue weighted by Gasteiger charge is 2.44. The summed E-state index contributed by atoms with van der Waals surface area (Å²) in [7, 11) is -1.70. The lowest BCUT2D eigenvalue weighted by Crippen LogP contribution is -2.49. The van der Waals surface area contributed by atoms with Crippen molar-refractivity contribution in [2.45, 2.75) is 95.9 Å². The standard InChI is InChI=1S/C40H49F3N6O6S/c1-25-9-10-28(32(38(4,5)37(50)51)30-11-16-49-33(27(30)3)45-46-36(49)40(41,42)43)22-29(25)23-48-24-39(12-18-53-19-13-39)55-35-31(56(48)52)21-26(2)34(44-35)54-20-17-47-14-7-6-8-15-47/h9-11,16,21-22,32H,6-8,12-15,17-20,23-24H2,1-5H3,(H,50,51). The summed E-state index contributed by atoms with van der Waals surface area (Å²) in [6.07, 6.45) is 1.29. The fourth-order valence-electron chi connectivity index (χ4n) is 8.17. The summed E-state index contributed by atoms with van der Waals surface area (Å²) >= 11 is 0. The van der Waals surface area contributed by atoms with Crippen molar-refractivity contribution in [2.75, 3.05) is 46.0 Å². The van der Waals surface area contributed by atoms with E-state index in [9.17, 15) is 27.3 Å². The number of pyridine rings is 2. The molecule has 7 rings (SSSR count). The van der Waals surface area contributed by atoms with Crippen LogP contribution in [0.4, 0.5) is 13.2 Å². The summed E-state index contributed by atoms with van der Waals surface area (Å²) in [6.45, 7) is 13.6. The zero-order valence-electron chi connectivity index (χ0n) is 32.4. The number of hydrogen-bond acceptors (Lipinski definition) is 9. The Morgan fingerprint density at radius 1 is 1.04 bits per heavy atom. The zero-order valence-corrected chi connectivity index (χ0v) is 33.3. The molecule has 0 saturated carbocycles. The van der Waals surface area contributed by atoms with Crippen LogP contribution >= 0.6 is 0 Å². The summed E-state index contributed by atoms with van der Waals surface area (Å²) < 4.78 is 77.2. The summed E-state index contributed by atoms with van der Waals surface area (Å²) in [5, 5.41) is 17.8. The first-order valence-electron chi connectivity index (χ1n) is 19.1. The average molecular weight is 799 g/mol. The molecule has 12 nitrogen and oxygen atoms in total. The Labute approximate surface area is 326 Å². The molecule has 16 heteroatoms. The number of halogens is 3. The van der Waals surface area contributed by atoms with Crippen molar-refractivity contribution in [3.8, 4) is 11.8 Å². The van der Waals surface area contributed by atoms with Crippen molar-refractivity contribution < 1.29 is 41.5 Å². The third-order valence-electron chi connectivity index (χ3n) is 11.6. The van der Waals surface area contributed by atoms with Gasteiger partial charge in [-0.15, -0.1) is 10.2 Å². The smallest absolute Gasteiger partial charge is 0.452 e. The molecule has 3 aromatic heterocycles. The Balaban J connectivity index is 1.23. The van der Waals surface area contributed by atoms with Gasteiger partial charge in [0, 0.05) is 43.6 Å². The van der Waals surface area contributed by atoms with Gasteiger partial charge < -0.3 is 19.3 Å². The third kappa shape index (κ3) is 7.89. The first-order valence-corrected chi connectivity index (χ1v) is 20.2. The van der Waals surface area contributed by atoms with Gasteiger partial charge in [0.25, 0.3) is 0 Å². The molecule has 0 aliphatic carbocycles. The normalized spacial score (nSPS) is 20.0. The van der Waals surface area contributed by atoms with E-state index in [-0.39, 0.29) is 18.1 Å². The van der Waals surface area contributed by atoms with Crippen LogP contribution in [0.3, 0.4) is 0 Å². The molecule has 2 fully saturated rings. The van der Waals surface area contributed by atoms with Crippen molar-refractivity contribution >= 4 is 22.6 Å². The second-order valence-corrected chi connectivity index (χ2v) is 17.3. The molecule has 0 amide bonds. The molecule has 1 aromatic carbocycles. The second-order valence-electron chi connectivity index (χ2n) is 15.9. The topological polar surface area (TPSA) is 132 Å². The molecule has 4 aromatic rings. The van der Waals surface area contributed by atoms with E-state index in [0.717, 1.165) is 40.7 Å². The van der Waals surface area contributed by atoms with Gasteiger partial charge in [-0.1, -0.05) is 24.6 Å². The van der Waals surface area contributed by atoms with Gasteiger partial charge in [-0.3, -0.25) is 14.1 Å². The summed E-state index contributed by atoms with van der Waals surface area (Å²) in [4.78, 5) is 20.5. The summed E-state index contributed by atoms with van der Waals surface area (Å²) in [5.74, 6) is -2.29. The minimum Gasteiger partial charge on any atom is -0.481 e. The van der Waals surface area contributed by atoms with E-state index in [1.165, 1.54) is 31.5 Å². The number of carbonyl (C=O) groups is 1. The van der Waals surface area contributed by atoms with Crippen LogP contribution in [0, 0.1) is 26.2 Å². The predicted octanol–water partition coefficient (Wildman–Crippen LogP) is 6.64. The van der Waals surface area contributed by atoms with E-state index in [2.05, 4.69) is 15.1 Å². The quantitative estimate of drug-likeness (QED) is 0.186. The number of carboxylic acids is 1. The average Bonchev–Trinajstić information content (AvgIpc) is 3.58. The molecule has 1 N–H and O–H groups in total. The van der Waals surface area contributed by atoms with Crippen molar-refractivity contribution in [1.29, 1.82) is 0 Å². The molecule has 1 spiro atoms. The first-order chi connectivity index (χ1) is 26.6. The maximum Gasteiger partial charge on any atom is 0.452 e. The first kappa shape index (κ1) is 40.1. The van der Waals surface area contributed by atoms with Crippen LogP contribution < -0.4 is 9.47 Å². The molecule has 2 atom stereocenters. The number of aliphatic carboxylic acids is 1. The van der Waals surface area contributed by atoms with E-state index < -0.39 is 45.9 Å². The van der Waals surface area contributed by atoms with Crippen molar-refractivity contribution in [3.63, 3.8) is 0 Å². The number of piperidine rings is 1. The molecule has 3 aliphatic heterocycles. The number of fused-ring (bicyclic) bond motifs is 2. The van der Waals surface area contributed by atoms with Crippen LogP contribution in [-0.4, -0.2) is 95.7 Å². The molecule has 2 saturated heterocycles. The number of nitrogens with zero attached hydrogens (tertiary/aromatic N) is 6. The fraction of sp³-hybridized carbons (Fsp3) is 0.550. The lowest BCUT2D eigenvalue weighted by atomic mass is 9.70. The van der Waals surface area contributed by atoms with Gasteiger partial charge in [-0.25, -0.2) is 8.51 Å². The van der Waals surface area contributed by atoms with Gasteiger partial charge in [-0.05, 0) is 100 Å². The fourth-order valence-corrected chi connectivity index (χ4v) is 9.57. The second kappa shape index (κ2) is 15.7. The van der Waals surface area contributed by atoms with Crippen LogP contribution in [0.2, 0.25) is 0 Å². The highest BCUT2D eigenvalue weighted by Crippen LogP contribution is 2.45. The van der Waals surface area contributed by atoms with Gasteiger partial charge in [0.05, 0.1) is 25.2 Å². The molecule has 0 bridgehead atoms. The Bertz CT molecular complexity index is 2130. The Kier molecular flexibility index (Phi) is 11.2. The van der Waals surface area contributed by atoms with E-state index in [1.54, 1.807) is 20.8 Å². The van der Waals surface area contributed by atoms with E-state index in [1.807, 2.05) is 42.4 Å². The van der Waals surface area contributed by atoms with Gasteiger partial charge in [0.2, 0.25) is 17.6 Å². The number of likely N-dealkylation sites (tertiary alicyclic amines) is 1. The number of rotatable bonds is 10. The van der Waals surface area contributed by atoms with Crippen LogP contribution in [0.15, 0.2) is 41.4 Å². The predicted molar refractivity (Wildman–Crippen MR) is 202 cm³/mol. The zero-order chi connectivity index (χ0) is 40.0. The number of ether oxygens (including phenoxy) is 3. The minimum absolute atomic E-state index is 0.00630. The van der Waals surface area contributed by atoms with Crippen molar-refractivity contribution in [1.82, 2.24) is 28.8 Å². The Hall–Kier alpha value is -4.12. The SMILES string of the molecule is Cc1ccc(C(c2ccn3c(C(F)(F)F)nnc3c2C)C(C)(C)C(=O)O)cc1CN1CC2(CCOCC2)Oc2nc(OCCN3CCCCC3)c(C)cc2S1=O. The summed E-state index contributed by atoms with van der Waals surface area (Å²) in [6, 6.07) is 9.02. The molecular formula is C40H49F3N6O6S. The van der Waals surface area contributed by atoms with Crippen LogP contribution in [0.5, 0.6) is 11.8 Å². The Morgan fingerprint density at radius 3 is 2.46 bits per heavy atom. The van der Waals surface area contributed by atoms with Crippen LogP contribution in [0.1, 0.15) is 91.1 Å². The van der Waals surface area contributed by atoms with E-state index in [0.29, 0.717) is 66.7 Å². The largest absolute Gasteiger partial charge is 0.481 e. The lowest BCUT2D eigenvalue weighted by molar-refractivity contribution is -0.147. The van der Waals surface area contributed by atoms with Crippen LogP contribution in [0.25, 0.3) is 5.65 Å². The van der Waals surface area contributed by atoms with E-state index in [4.69, 9.17) is 19.2 Å². The number of benzene rings is 1. The maximum absolute atomic E-state index is 14.7. The molecule has 2 unspecified atom stereocenters. The van der Waals surface area contributed by atoms with Crippen molar-refractivity contribution in [3.05, 3.63) is 75.7 Å². The van der Waals surface area contributed by atoms with Crippen molar-refractivity contribution in [2.24, 2.45) is 5.41 Å². The minimum atomic E-state index is -4.72. The number of carboxylic acid groups (broad SMARTS) is 1. The van der Waals surface area contributed by atoms with E-state index >= 15 is 0 Å². The maximum atomic E-state index is 14.7.